The van der Waals surface area contributed by atoms with Crippen LogP contribution < -0.4 is 5.32 Å². The van der Waals surface area contributed by atoms with Crippen LogP contribution in [0, 0.1) is 0 Å². The standard InChI is InChI=1S/C15H21N3/c1-2-6-12(5-1)9-10-16-15-13-7-3-4-8-14(13)17-11-18-15/h5,11H,1-4,6-10H2,(H,16,17,18). The summed E-state index contributed by atoms with van der Waals surface area (Å²) in [6.45, 7) is 1.01. The lowest BCUT2D eigenvalue weighted by molar-refractivity contribution is 0.663. The summed E-state index contributed by atoms with van der Waals surface area (Å²) in [5.41, 5.74) is 4.24. The zero-order chi connectivity index (χ0) is 12.2. The van der Waals surface area contributed by atoms with Crippen LogP contribution in [0.3, 0.4) is 0 Å². The topological polar surface area (TPSA) is 37.8 Å². The smallest absolute Gasteiger partial charge is 0.132 e. The zero-order valence-corrected chi connectivity index (χ0v) is 10.9. The van der Waals surface area contributed by atoms with Gasteiger partial charge in [0.05, 0.1) is 0 Å². The molecule has 2 aliphatic rings. The van der Waals surface area contributed by atoms with Crippen molar-refractivity contribution >= 4 is 5.82 Å². The molecule has 0 aromatic carbocycles. The minimum absolute atomic E-state index is 1.01. The third kappa shape index (κ3) is 2.55. The highest BCUT2D eigenvalue weighted by molar-refractivity contribution is 5.47. The minimum Gasteiger partial charge on any atom is -0.369 e. The number of nitrogens with zero attached hydrogens (tertiary/aromatic N) is 2. The van der Waals surface area contributed by atoms with Crippen molar-refractivity contribution in [1.29, 1.82) is 0 Å². The molecule has 0 bridgehead atoms. The van der Waals surface area contributed by atoms with Crippen molar-refractivity contribution in [2.45, 2.75) is 51.4 Å². The van der Waals surface area contributed by atoms with Crippen LogP contribution in [-0.2, 0) is 12.8 Å². The fourth-order valence-corrected chi connectivity index (χ4v) is 2.98. The van der Waals surface area contributed by atoms with E-state index in [-0.39, 0.29) is 0 Å². The first kappa shape index (κ1) is 11.7. The van der Waals surface area contributed by atoms with E-state index in [1.807, 2.05) is 0 Å². The Morgan fingerprint density at radius 3 is 2.89 bits per heavy atom. The minimum atomic E-state index is 1.01. The first-order valence-corrected chi connectivity index (χ1v) is 7.18. The summed E-state index contributed by atoms with van der Waals surface area (Å²) in [7, 11) is 0. The second kappa shape index (κ2) is 5.51. The number of hydrogen-bond donors (Lipinski definition) is 1. The average Bonchev–Trinajstić information content (AvgIpc) is 2.92. The highest BCUT2D eigenvalue weighted by Crippen LogP contribution is 2.25. The summed E-state index contributed by atoms with van der Waals surface area (Å²) in [5, 5.41) is 3.51. The molecular weight excluding hydrogens is 222 g/mol. The predicted octanol–water partition coefficient (Wildman–Crippen LogP) is 3.27. The number of fused-ring (bicyclic) bond motifs is 1. The molecule has 1 aromatic rings. The lowest BCUT2D eigenvalue weighted by Crippen LogP contribution is -2.13. The van der Waals surface area contributed by atoms with Crippen molar-refractivity contribution in [2.75, 3.05) is 11.9 Å². The van der Waals surface area contributed by atoms with Gasteiger partial charge < -0.3 is 5.32 Å². The van der Waals surface area contributed by atoms with Crippen LogP contribution in [0.5, 0.6) is 0 Å². The average molecular weight is 243 g/mol. The Kier molecular flexibility index (Phi) is 3.58. The third-order valence-electron chi connectivity index (χ3n) is 4.00. The molecule has 1 aromatic heterocycles. The number of hydrogen-bond acceptors (Lipinski definition) is 3. The predicted molar refractivity (Wildman–Crippen MR) is 73.7 cm³/mol. The van der Waals surface area contributed by atoms with E-state index in [4.69, 9.17) is 0 Å². The molecular formula is C15H21N3. The van der Waals surface area contributed by atoms with Gasteiger partial charge in [-0.2, -0.15) is 0 Å². The Labute approximate surface area is 109 Å². The Morgan fingerprint density at radius 1 is 1.06 bits per heavy atom. The molecule has 0 saturated carbocycles. The van der Waals surface area contributed by atoms with Gasteiger partial charge in [0, 0.05) is 17.8 Å². The fourth-order valence-electron chi connectivity index (χ4n) is 2.98. The van der Waals surface area contributed by atoms with Crippen LogP contribution in [0.4, 0.5) is 5.82 Å². The van der Waals surface area contributed by atoms with E-state index in [0.29, 0.717) is 0 Å². The maximum Gasteiger partial charge on any atom is 0.132 e. The van der Waals surface area contributed by atoms with Crippen molar-refractivity contribution in [1.82, 2.24) is 9.97 Å². The van der Waals surface area contributed by atoms with Gasteiger partial charge in [0.1, 0.15) is 12.1 Å². The number of nitrogens with one attached hydrogen (secondary N) is 1. The van der Waals surface area contributed by atoms with Crippen LogP contribution >= 0.6 is 0 Å². The van der Waals surface area contributed by atoms with E-state index in [2.05, 4.69) is 21.4 Å². The van der Waals surface area contributed by atoms with E-state index in [1.165, 1.54) is 49.8 Å². The number of aryl methyl sites for hydroxylation is 1. The Morgan fingerprint density at radius 2 is 2.00 bits per heavy atom. The molecule has 3 nitrogen and oxygen atoms in total. The molecule has 0 aliphatic heterocycles. The highest BCUT2D eigenvalue weighted by Gasteiger charge is 2.15. The molecule has 0 saturated heterocycles. The second-order valence-electron chi connectivity index (χ2n) is 5.29. The van der Waals surface area contributed by atoms with Crippen molar-refractivity contribution in [2.24, 2.45) is 0 Å². The molecule has 0 unspecified atom stereocenters. The largest absolute Gasteiger partial charge is 0.369 e. The number of allylic oxidation sites excluding steroid dienone is 1. The Balaban J connectivity index is 1.62. The van der Waals surface area contributed by atoms with Gasteiger partial charge in [-0.25, -0.2) is 9.97 Å². The summed E-state index contributed by atoms with van der Waals surface area (Å²) >= 11 is 0. The van der Waals surface area contributed by atoms with Gasteiger partial charge in [-0.05, 0) is 51.4 Å². The van der Waals surface area contributed by atoms with E-state index in [1.54, 1.807) is 11.9 Å². The quantitative estimate of drug-likeness (QED) is 0.825. The Hall–Kier alpha value is -1.38. The van der Waals surface area contributed by atoms with Crippen LogP contribution in [0.25, 0.3) is 0 Å². The van der Waals surface area contributed by atoms with Gasteiger partial charge in [-0.15, -0.1) is 0 Å². The molecule has 18 heavy (non-hydrogen) atoms. The Bertz CT molecular complexity index is 451. The van der Waals surface area contributed by atoms with E-state index < -0.39 is 0 Å². The van der Waals surface area contributed by atoms with Crippen LogP contribution in [0.15, 0.2) is 18.0 Å². The lowest BCUT2D eigenvalue weighted by atomic mass is 9.96. The van der Waals surface area contributed by atoms with E-state index in [9.17, 15) is 0 Å². The summed E-state index contributed by atoms with van der Waals surface area (Å²) < 4.78 is 0. The van der Waals surface area contributed by atoms with Gasteiger partial charge in [0.2, 0.25) is 0 Å². The fraction of sp³-hybridized carbons (Fsp3) is 0.600. The molecule has 3 heteroatoms. The third-order valence-corrected chi connectivity index (χ3v) is 4.00. The van der Waals surface area contributed by atoms with Crippen LogP contribution in [0.2, 0.25) is 0 Å². The summed E-state index contributed by atoms with van der Waals surface area (Å²) in [4.78, 5) is 8.82. The molecule has 3 rings (SSSR count). The molecule has 0 atom stereocenters. The summed E-state index contributed by atoms with van der Waals surface area (Å²) in [5.74, 6) is 1.08. The monoisotopic (exact) mass is 243 g/mol. The van der Waals surface area contributed by atoms with Gasteiger partial charge in [-0.3, -0.25) is 0 Å². The SMILES string of the molecule is C1=C(CCNc2ncnc3c2CCCC3)CCC1. The van der Waals surface area contributed by atoms with Gasteiger partial charge in [-0.1, -0.05) is 11.6 Å². The summed E-state index contributed by atoms with van der Waals surface area (Å²) in [6.07, 6.45) is 14.0. The van der Waals surface area contributed by atoms with Crippen molar-refractivity contribution in [3.8, 4) is 0 Å². The van der Waals surface area contributed by atoms with Crippen LogP contribution in [0.1, 0.15) is 49.8 Å². The lowest BCUT2D eigenvalue weighted by Gasteiger charge is -2.18. The molecule has 0 radical (unpaired) electrons. The normalized spacial score (nSPS) is 18.3. The second-order valence-corrected chi connectivity index (χ2v) is 5.29. The molecule has 1 N–H and O–H groups in total. The molecule has 1 heterocycles. The highest BCUT2D eigenvalue weighted by atomic mass is 15.0. The first-order valence-electron chi connectivity index (χ1n) is 7.18. The van der Waals surface area contributed by atoms with Gasteiger partial charge >= 0.3 is 0 Å². The molecule has 2 aliphatic carbocycles. The van der Waals surface area contributed by atoms with Crippen molar-refractivity contribution in [3.05, 3.63) is 29.2 Å². The van der Waals surface area contributed by atoms with Crippen LogP contribution in [-0.4, -0.2) is 16.5 Å². The zero-order valence-electron chi connectivity index (χ0n) is 10.9. The molecule has 96 valence electrons. The number of aromatic nitrogens is 2. The number of anilines is 1. The van der Waals surface area contributed by atoms with E-state index >= 15 is 0 Å². The molecule has 0 spiro atoms. The van der Waals surface area contributed by atoms with Gasteiger partial charge in [0.25, 0.3) is 0 Å². The summed E-state index contributed by atoms with van der Waals surface area (Å²) in [6, 6.07) is 0. The van der Waals surface area contributed by atoms with E-state index in [0.717, 1.165) is 25.2 Å². The van der Waals surface area contributed by atoms with Crippen molar-refractivity contribution in [3.63, 3.8) is 0 Å². The molecule has 0 amide bonds. The van der Waals surface area contributed by atoms with Gasteiger partial charge in [0.15, 0.2) is 0 Å². The number of rotatable bonds is 4. The first-order chi connectivity index (χ1) is 8.93. The molecule has 0 fully saturated rings. The maximum atomic E-state index is 4.41. The maximum absolute atomic E-state index is 4.41. The van der Waals surface area contributed by atoms with Crippen molar-refractivity contribution < 1.29 is 0 Å².